The molecule has 0 saturated carbocycles. The second-order valence-electron chi connectivity index (χ2n) is 14.0. The molecule has 6 amide bonds. The molecule has 3 rings (SSSR count). The molecule has 0 spiro atoms. The number of nitrogens with two attached hydrogens (primary N) is 1. The van der Waals surface area contributed by atoms with Crippen LogP contribution in [0.5, 0.6) is 0 Å². The number of carbonyl (C=O) groups is 8. The number of anilines is 1. The van der Waals surface area contributed by atoms with Crippen LogP contribution in [-0.4, -0.2) is 105 Å². The average Bonchev–Trinajstić information content (AvgIpc) is 3.23. The second-order valence-corrected chi connectivity index (χ2v) is 14.0. The Morgan fingerprint density at radius 1 is 0.590 bits per heavy atom. The topological polar surface area (TPSA) is 320 Å². The lowest BCUT2D eigenvalue weighted by Gasteiger charge is -2.23. The first-order chi connectivity index (χ1) is 29.2. The number of aromatic nitrogens is 1. The van der Waals surface area contributed by atoms with E-state index in [-0.39, 0.29) is 50.2 Å². The molecule has 328 valence electrons. The van der Waals surface area contributed by atoms with Crippen LogP contribution < -0.4 is 43.2 Å². The van der Waals surface area contributed by atoms with Crippen LogP contribution in [0.2, 0.25) is 0 Å². The molecule has 0 unspecified atom stereocenters. The Labute approximate surface area is 351 Å². The third kappa shape index (κ3) is 18.6. The van der Waals surface area contributed by atoms with E-state index in [1.807, 2.05) is 66.0 Å². The molecule has 1 aromatic heterocycles. The quantitative estimate of drug-likeness (QED) is 0.0291. The molecule has 0 fully saturated rings. The summed E-state index contributed by atoms with van der Waals surface area (Å²) in [5.74, 6) is -0.418. The minimum atomic E-state index is -1.74. The van der Waals surface area contributed by atoms with Crippen LogP contribution in [0, 0.1) is 0 Å². The van der Waals surface area contributed by atoms with Crippen molar-refractivity contribution in [3.8, 4) is 0 Å². The summed E-state index contributed by atoms with van der Waals surface area (Å²) >= 11 is 0. The summed E-state index contributed by atoms with van der Waals surface area (Å²) < 4.78 is 0. The Hall–Kier alpha value is -7.09. The Morgan fingerprint density at radius 2 is 1.16 bits per heavy atom. The van der Waals surface area contributed by atoms with Crippen molar-refractivity contribution in [2.45, 2.75) is 88.4 Å². The number of nitrogens with zero attached hydrogens (tertiary/aromatic N) is 1. The predicted molar refractivity (Wildman–Crippen MR) is 221 cm³/mol. The lowest BCUT2D eigenvalue weighted by atomic mass is 10.0. The monoisotopic (exact) mass is 847 g/mol. The second kappa shape index (κ2) is 26.1. The van der Waals surface area contributed by atoms with Crippen molar-refractivity contribution < 1.29 is 53.7 Å². The van der Waals surface area contributed by atoms with Crippen molar-refractivity contribution in [1.29, 1.82) is 0 Å². The number of carboxylic acid groups (broad SMARTS) is 3. The molecule has 12 N–H and O–H groups in total. The van der Waals surface area contributed by atoms with Crippen LogP contribution in [0.1, 0.15) is 72.9 Å². The summed E-state index contributed by atoms with van der Waals surface area (Å²) in [6.07, 6.45) is 3.32. The van der Waals surface area contributed by atoms with Gasteiger partial charge in [0.05, 0.1) is 12.0 Å². The number of benzene rings is 2. The van der Waals surface area contributed by atoms with Gasteiger partial charge in [-0.25, -0.2) is 25.2 Å². The molecule has 0 bridgehead atoms. The summed E-state index contributed by atoms with van der Waals surface area (Å²) in [6.45, 7) is 0.522. The molecule has 61 heavy (non-hydrogen) atoms. The van der Waals surface area contributed by atoms with E-state index in [0.717, 1.165) is 11.1 Å². The maximum atomic E-state index is 13.8. The molecule has 3 aromatic rings. The number of hydrogen-bond acceptors (Lipinski definition) is 11. The number of aliphatic carboxylic acids is 3. The van der Waals surface area contributed by atoms with Gasteiger partial charge in [-0.3, -0.25) is 24.0 Å². The molecule has 20 nitrogen and oxygen atoms in total. The predicted octanol–water partition coefficient (Wildman–Crippen LogP) is 1.08. The summed E-state index contributed by atoms with van der Waals surface area (Å²) in [7, 11) is 0. The number of amides is 6. The molecule has 4 atom stereocenters. The van der Waals surface area contributed by atoms with Crippen LogP contribution in [0.15, 0.2) is 79.0 Å². The number of nitrogens with one attached hydrogen (secondary N) is 7. The molecule has 0 aliphatic rings. The number of unbranched alkanes of at least 4 members (excludes halogenated alkanes) is 3. The van der Waals surface area contributed by atoms with Crippen LogP contribution in [0.4, 0.5) is 10.6 Å². The fourth-order valence-electron chi connectivity index (χ4n) is 5.95. The number of hydrazine groups is 1. The molecule has 0 aliphatic heterocycles. The third-order valence-corrected chi connectivity index (χ3v) is 9.20. The van der Waals surface area contributed by atoms with Gasteiger partial charge in [0.1, 0.15) is 30.0 Å². The average molecular weight is 848 g/mol. The van der Waals surface area contributed by atoms with E-state index in [2.05, 4.69) is 37.0 Å². The minimum absolute atomic E-state index is 0.0250. The van der Waals surface area contributed by atoms with Gasteiger partial charge in [0.15, 0.2) is 0 Å². The summed E-state index contributed by atoms with van der Waals surface area (Å²) in [6, 6.07) is 15.1. The Kier molecular flexibility index (Phi) is 20.7. The molecular formula is C41H53N9O11. The van der Waals surface area contributed by atoms with E-state index < -0.39 is 72.2 Å². The van der Waals surface area contributed by atoms with Crippen molar-refractivity contribution in [3.05, 3.63) is 95.7 Å². The summed E-state index contributed by atoms with van der Waals surface area (Å²) in [5, 5.41) is 42.6. The molecule has 0 saturated heterocycles. The fourth-order valence-corrected chi connectivity index (χ4v) is 5.95. The molecule has 1 heterocycles. The smallest absolute Gasteiger partial charge is 0.326 e. The van der Waals surface area contributed by atoms with Crippen molar-refractivity contribution in [1.82, 2.24) is 36.9 Å². The van der Waals surface area contributed by atoms with Crippen molar-refractivity contribution in [3.63, 3.8) is 0 Å². The van der Waals surface area contributed by atoms with Crippen LogP contribution in [-0.2, 0) is 41.6 Å². The largest absolute Gasteiger partial charge is 0.481 e. The number of urea groups is 1. The molecular weight excluding hydrogens is 795 g/mol. The van der Waals surface area contributed by atoms with Gasteiger partial charge < -0.3 is 52.6 Å². The van der Waals surface area contributed by atoms with E-state index in [1.165, 1.54) is 18.3 Å². The fraction of sp³-hybridized carbons (Fsp3) is 0.390. The molecule has 0 radical (unpaired) electrons. The van der Waals surface area contributed by atoms with Crippen LogP contribution in [0.25, 0.3) is 0 Å². The van der Waals surface area contributed by atoms with Gasteiger partial charge in [0.25, 0.3) is 5.91 Å². The van der Waals surface area contributed by atoms with Gasteiger partial charge in [-0.1, -0.05) is 67.1 Å². The Balaban J connectivity index is 1.45. The molecule has 20 heteroatoms. The number of nitrogen functional groups attached to an aromatic ring is 1. The first kappa shape index (κ1) is 48.3. The number of rotatable bonds is 27. The lowest BCUT2D eigenvalue weighted by Crippen LogP contribution is -2.55. The first-order valence-corrected chi connectivity index (χ1v) is 19.7. The van der Waals surface area contributed by atoms with E-state index in [1.54, 1.807) is 0 Å². The Bertz CT molecular complexity index is 1920. The number of pyridine rings is 1. The highest BCUT2D eigenvalue weighted by atomic mass is 16.4. The third-order valence-electron chi connectivity index (χ3n) is 9.20. The van der Waals surface area contributed by atoms with E-state index in [9.17, 15) is 43.5 Å². The van der Waals surface area contributed by atoms with Gasteiger partial charge in [-0.15, -0.1) is 0 Å². The highest BCUT2D eigenvalue weighted by Crippen LogP contribution is 2.10. The number of carboxylic acids is 3. The van der Waals surface area contributed by atoms with Gasteiger partial charge >= 0.3 is 23.9 Å². The van der Waals surface area contributed by atoms with Gasteiger partial charge in [-0.05, 0) is 55.4 Å². The maximum Gasteiger partial charge on any atom is 0.326 e. The van der Waals surface area contributed by atoms with Gasteiger partial charge in [0.2, 0.25) is 17.7 Å². The number of carbonyl (C=O) groups excluding carboxylic acids is 5. The zero-order valence-corrected chi connectivity index (χ0v) is 33.4. The maximum absolute atomic E-state index is 13.8. The van der Waals surface area contributed by atoms with Crippen molar-refractivity contribution in [2.75, 3.05) is 18.5 Å². The lowest BCUT2D eigenvalue weighted by molar-refractivity contribution is -0.145. The standard InChI is InChI=1S/C41H53N9O11/c42-50-33-19-18-28(25-45-33)36(54)46-31(23-27-14-6-2-7-15-27)38(56)47-30(22-26-12-4-1-5-13-26)37(55)44-21-10-3-8-17-34(51)43-20-11-9-16-29(39(57)58)48-41(61)49-32(40(59)60)24-35(52)53/h1-2,4-7,12-15,18-19,25,29-32H,3,8-11,16-17,20-24,42H2,(H,43,51)(H,44,55)(H,45,50)(H,46,54)(H,47,56)(H,52,53)(H,57,58)(H,59,60)(H2,48,49,61)/t29-,30-,31-,32-/m1/s1. The molecule has 2 aromatic carbocycles. The van der Waals surface area contributed by atoms with E-state index in [4.69, 9.17) is 16.1 Å². The van der Waals surface area contributed by atoms with Crippen molar-refractivity contribution >= 4 is 53.4 Å². The van der Waals surface area contributed by atoms with Gasteiger partial charge in [-0.2, -0.15) is 0 Å². The zero-order chi connectivity index (χ0) is 44.6. The van der Waals surface area contributed by atoms with Crippen molar-refractivity contribution in [2.24, 2.45) is 5.84 Å². The van der Waals surface area contributed by atoms with E-state index in [0.29, 0.717) is 37.9 Å². The van der Waals surface area contributed by atoms with E-state index >= 15 is 0 Å². The first-order valence-electron chi connectivity index (χ1n) is 19.7. The number of hydrogen-bond donors (Lipinski definition) is 11. The van der Waals surface area contributed by atoms with Crippen LogP contribution >= 0.6 is 0 Å². The SMILES string of the molecule is NNc1ccc(C(=O)N[C@H](Cc2ccccc2)C(=O)N[C@H](Cc2ccccc2)C(=O)NCCCCCC(=O)NCCCC[C@@H](NC(=O)N[C@H](CC(=O)O)C(=O)O)C(=O)O)cn1. The minimum Gasteiger partial charge on any atom is -0.481 e. The zero-order valence-electron chi connectivity index (χ0n) is 33.4. The Morgan fingerprint density at radius 3 is 1.72 bits per heavy atom. The molecule has 0 aliphatic carbocycles. The highest BCUT2D eigenvalue weighted by molar-refractivity contribution is 5.98. The van der Waals surface area contributed by atoms with Gasteiger partial charge in [0, 0.05) is 38.5 Å². The normalized spacial score (nSPS) is 12.6. The summed E-state index contributed by atoms with van der Waals surface area (Å²) in [4.78, 5) is 103. The highest BCUT2D eigenvalue weighted by Gasteiger charge is 2.29. The summed E-state index contributed by atoms with van der Waals surface area (Å²) in [5.41, 5.74) is 4.20. The van der Waals surface area contributed by atoms with Crippen LogP contribution in [0.3, 0.4) is 0 Å².